The lowest BCUT2D eigenvalue weighted by Crippen LogP contribution is -2.55. The maximum absolute atomic E-state index is 12.2. The number of hydrogen-bond acceptors (Lipinski definition) is 2. The molecule has 0 aliphatic carbocycles. The van der Waals surface area contributed by atoms with Crippen LogP contribution < -0.4 is 0 Å². The van der Waals surface area contributed by atoms with Gasteiger partial charge in [0, 0.05) is 13.1 Å². The first-order valence-electron chi connectivity index (χ1n) is 8.03. The summed E-state index contributed by atoms with van der Waals surface area (Å²) < 4.78 is 0. The van der Waals surface area contributed by atoms with Gasteiger partial charge in [0.1, 0.15) is 0 Å². The first-order valence-corrected chi connectivity index (χ1v) is 8.03. The lowest BCUT2D eigenvalue weighted by molar-refractivity contribution is -0.151. The van der Waals surface area contributed by atoms with Crippen molar-refractivity contribution in [1.29, 1.82) is 0 Å². The molecule has 1 saturated heterocycles. The van der Waals surface area contributed by atoms with Crippen LogP contribution in [0.2, 0.25) is 0 Å². The van der Waals surface area contributed by atoms with E-state index in [4.69, 9.17) is 0 Å². The maximum Gasteiger partial charge on any atom is 0.242 e. The number of carbonyl (C=O) groups excluding carboxylic acids is 2. The first kappa shape index (κ1) is 17.0. The average molecular weight is 282 g/mol. The average Bonchev–Trinajstić information content (AvgIpc) is 2.36. The Bertz CT molecular complexity index is 298. The van der Waals surface area contributed by atoms with E-state index in [-0.39, 0.29) is 24.9 Å². The van der Waals surface area contributed by atoms with Crippen molar-refractivity contribution in [3.05, 3.63) is 0 Å². The summed E-state index contributed by atoms with van der Waals surface area (Å²) in [5.41, 5.74) is 0. The molecule has 0 bridgehead atoms. The second kappa shape index (κ2) is 8.28. The highest BCUT2D eigenvalue weighted by molar-refractivity contribution is 5.92. The molecule has 1 rings (SSSR count). The summed E-state index contributed by atoms with van der Waals surface area (Å²) >= 11 is 0. The van der Waals surface area contributed by atoms with Crippen LogP contribution in [-0.4, -0.2) is 47.8 Å². The van der Waals surface area contributed by atoms with Crippen molar-refractivity contribution in [3.63, 3.8) is 0 Å². The fourth-order valence-corrected chi connectivity index (χ4v) is 2.96. The standard InChI is InChI=1S/C16H30N2O2/c1-5-7-13(3)9-17-11-16(20)18(12-15(17)19)10-14(4)8-6-2/h13-14H,5-12H2,1-4H3. The van der Waals surface area contributed by atoms with Gasteiger partial charge in [0.15, 0.2) is 0 Å². The molecule has 0 N–H and O–H groups in total. The second-order valence-corrected chi connectivity index (χ2v) is 6.34. The number of piperazine rings is 1. The number of hydrogen-bond donors (Lipinski definition) is 0. The monoisotopic (exact) mass is 282 g/mol. The minimum atomic E-state index is 0.108. The van der Waals surface area contributed by atoms with Gasteiger partial charge < -0.3 is 9.80 Å². The Hall–Kier alpha value is -1.06. The molecule has 0 aromatic carbocycles. The van der Waals surface area contributed by atoms with Crippen molar-refractivity contribution in [2.24, 2.45) is 11.8 Å². The Morgan fingerprint density at radius 1 is 0.850 bits per heavy atom. The zero-order valence-corrected chi connectivity index (χ0v) is 13.5. The molecule has 2 atom stereocenters. The van der Waals surface area contributed by atoms with Crippen molar-refractivity contribution in [2.75, 3.05) is 26.2 Å². The molecule has 1 heterocycles. The largest absolute Gasteiger partial charge is 0.332 e. The molecule has 1 aliphatic heterocycles. The third-order valence-electron chi connectivity index (χ3n) is 3.98. The van der Waals surface area contributed by atoms with Crippen LogP contribution in [0.5, 0.6) is 0 Å². The van der Waals surface area contributed by atoms with Gasteiger partial charge in [-0.2, -0.15) is 0 Å². The molecule has 4 nitrogen and oxygen atoms in total. The Labute approximate surface area is 123 Å². The molecule has 4 heteroatoms. The van der Waals surface area contributed by atoms with Crippen LogP contribution in [-0.2, 0) is 9.59 Å². The lowest BCUT2D eigenvalue weighted by atomic mass is 10.0. The van der Waals surface area contributed by atoms with Gasteiger partial charge in [0.25, 0.3) is 0 Å². The molecule has 2 amide bonds. The summed E-state index contributed by atoms with van der Waals surface area (Å²) in [5, 5.41) is 0. The molecule has 20 heavy (non-hydrogen) atoms. The molecule has 2 unspecified atom stereocenters. The van der Waals surface area contributed by atoms with Crippen LogP contribution in [0, 0.1) is 11.8 Å². The number of carbonyl (C=O) groups is 2. The van der Waals surface area contributed by atoms with E-state index in [1.165, 1.54) is 0 Å². The summed E-state index contributed by atoms with van der Waals surface area (Å²) in [5.74, 6) is 1.16. The molecule has 1 fully saturated rings. The lowest BCUT2D eigenvalue weighted by Gasteiger charge is -2.36. The van der Waals surface area contributed by atoms with Crippen molar-refractivity contribution in [3.8, 4) is 0 Å². The van der Waals surface area contributed by atoms with Crippen LogP contribution in [0.25, 0.3) is 0 Å². The van der Waals surface area contributed by atoms with E-state index in [1.54, 1.807) is 9.80 Å². The van der Waals surface area contributed by atoms with Gasteiger partial charge in [0.05, 0.1) is 13.1 Å². The van der Waals surface area contributed by atoms with Crippen molar-refractivity contribution >= 4 is 11.8 Å². The van der Waals surface area contributed by atoms with E-state index >= 15 is 0 Å². The van der Waals surface area contributed by atoms with Gasteiger partial charge in [-0.25, -0.2) is 0 Å². The van der Waals surface area contributed by atoms with Gasteiger partial charge in [-0.3, -0.25) is 9.59 Å². The normalized spacial score (nSPS) is 19.4. The van der Waals surface area contributed by atoms with Crippen LogP contribution in [0.3, 0.4) is 0 Å². The number of nitrogens with zero attached hydrogens (tertiary/aromatic N) is 2. The third kappa shape index (κ3) is 5.14. The highest BCUT2D eigenvalue weighted by atomic mass is 16.2. The van der Waals surface area contributed by atoms with Gasteiger partial charge in [-0.15, -0.1) is 0 Å². The summed E-state index contributed by atoms with van der Waals surface area (Å²) in [6, 6.07) is 0. The van der Waals surface area contributed by atoms with Gasteiger partial charge in [-0.1, -0.05) is 40.5 Å². The van der Waals surface area contributed by atoms with E-state index in [9.17, 15) is 9.59 Å². The van der Waals surface area contributed by atoms with Crippen LogP contribution in [0.4, 0.5) is 0 Å². The van der Waals surface area contributed by atoms with E-state index in [0.29, 0.717) is 11.8 Å². The minimum Gasteiger partial charge on any atom is -0.332 e. The fraction of sp³-hybridized carbons (Fsp3) is 0.875. The zero-order valence-electron chi connectivity index (χ0n) is 13.5. The van der Waals surface area contributed by atoms with E-state index in [0.717, 1.165) is 38.8 Å². The van der Waals surface area contributed by atoms with Gasteiger partial charge >= 0.3 is 0 Å². The highest BCUT2D eigenvalue weighted by Crippen LogP contribution is 2.14. The van der Waals surface area contributed by atoms with E-state index in [1.807, 2.05) is 0 Å². The molecule has 116 valence electrons. The van der Waals surface area contributed by atoms with Crippen molar-refractivity contribution in [1.82, 2.24) is 9.80 Å². The summed E-state index contributed by atoms with van der Waals surface area (Å²) in [4.78, 5) is 27.8. The van der Waals surface area contributed by atoms with Crippen molar-refractivity contribution in [2.45, 2.75) is 53.4 Å². The first-order chi connectivity index (χ1) is 9.47. The molecule has 0 aromatic rings. The summed E-state index contributed by atoms with van der Waals surface area (Å²) in [7, 11) is 0. The predicted molar refractivity (Wildman–Crippen MR) is 81.3 cm³/mol. The summed E-state index contributed by atoms with van der Waals surface area (Å²) in [6.07, 6.45) is 4.46. The smallest absolute Gasteiger partial charge is 0.242 e. The molecular formula is C16H30N2O2. The Balaban J connectivity index is 2.49. The number of rotatable bonds is 8. The fourth-order valence-electron chi connectivity index (χ4n) is 2.96. The Kier molecular flexibility index (Phi) is 7.03. The van der Waals surface area contributed by atoms with Crippen LogP contribution in [0.1, 0.15) is 53.4 Å². The predicted octanol–water partition coefficient (Wildman–Crippen LogP) is 2.53. The Morgan fingerprint density at radius 3 is 1.50 bits per heavy atom. The van der Waals surface area contributed by atoms with E-state index in [2.05, 4.69) is 27.7 Å². The van der Waals surface area contributed by atoms with Gasteiger partial charge in [-0.05, 0) is 24.7 Å². The molecule has 1 aliphatic rings. The molecular weight excluding hydrogens is 252 g/mol. The SMILES string of the molecule is CCCC(C)CN1CC(=O)N(CC(C)CCC)CC1=O. The van der Waals surface area contributed by atoms with Crippen LogP contribution in [0.15, 0.2) is 0 Å². The molecule has 0 radical (unpaired) electrons. The Morgan fingerprint density at radius 2 is 1.20 bits per heavy atom. The van der Waals surface area contributed by atoms with E-state index < -0.39 is 0 Å². The topological polar surface area (TPSA) is 40.6 Å². The quantitative estimate of drug-likeness (QED) is 0.686. The minimum absolute atomic E-state index is 0.108. The highest BCUT2D eigenvalue weighted by Gasteiger charge is 2.30. The molecule has 0 saturated carbocycles. The second-order valence-electron chi connectivity index (χ2n) is 6.34. The van der Waals surface area contributed by atoms with Crippen LogP contribution >= 0.6 is 0 Å². The molecule has 0 spiro atoms. The van der Waals surface area contributed by atoms with Gasteiger partial charge in [0.2, 0.25) is 11.8 Å². The third-order valence-corrected chi connectivity index (χ3v) is 3.98. The maximum atomic E-state index is 12.2. The van der Waals surface area contributed by atoms with Crippen molar-refractivity contribution < 1.29 is 9.59 Å². The zero-order chi connectivity index (χ0) is 15.1. The number of amides is 2. The molecule has 0 aromatic heterocycles. The summed E-state index contributed by atoms with van der Waals surface area (Å²) in [6.45, 7) is 10.6.